The zero-order valence-electron chi connectivity index (χ0n) is 12.8. The molecule has 1 fully saturated rings. The lowest BCUT2D eigenvalue weighted by Crippen LogP contribution is -3.13. The van der Waals surface area contributed by atoms with Crippen molar-refractivity contribution in [3.63, 3.8) is 0 Å². The summed E-state index contributed by atoms with van der Waals surface area (Å²) >= 11 is 0. The second kappa shape index (κ2) is 6.66. The number of nitro groups is 1. The number of nitrogens with one attached hydrogen (secondary N) is 1. The fourth-order valence-electron chi connectivity index (χ4n) is 3.04. The van der Waals surface area contributed by atoms with Gasteiger partial charge < -0.3 is 14.9 Å². The highest BCUT2D eigenvalue weighted by Gasteiger charge is 2.22. The van der Waals surface area contributed by atoms with E-state index >= 15 is 0 Å². The van der Waals surface area contributed by atoms with Crippen LogP contribution in [-0.2, 0) is 6.54 Å². The Labute approximate surface area is 134 Å². The maximum absolute atomic E-state index is 10.8. The van der Waals surface area contributed by atoms with Gasteiger partial charge in [0.1, 0.15) is 12.3 Å². The summed E-state index contributed by atoms with van der Waals surface area (Å²) in [6.07, 6.45) is 0. The molecule has 1 aliphatic rings. The normalized spacial score (nSPS) is 15.6. The number of para-hydroxylation sites is 2. The molecule has 0 radical (unpaired) electrons. The molecule has 6 nitrogen and oxygen atoms in total. The minimum absolute atomic E-state index is 0.148. The molecule has 1 saturated heterocycles. The summed E-state index contributed by atoms with van der Waals surface area (Å²) in [7, 11) is 0. The highest BCUT2D eigenvalue weighted by atomic mass is 16.6. The number of phenolic OH excluding ortho intramolecular Hbond substituents is 1. The zero-order chi connectivity index (χ0) is 16.2. The van der Waals surface area contributed by atoms with Crippen LogP contribution in [0.5, 0.6) is 5.75 Å². The summed E-state index contributed by atoms with van der Waals surface area (Å²) in [5.41, 5.74) is 2.02. The number of nitro benzene ring substituents is 1. The van der Waals surface area contributed by atoms with Gasteiger partial charge in [-0.25, -0.2) is 0 Å². The number of hydrogen-bond acceptors (Lipinski definition) is 4. The average Bonchev–Trinajstić information content (AvgIpc) is 2.56. The van der Waals surface area contributed by atoms with E-state index in [1.54, 1.807) is 18.2 Å². The van der Waals surface area contributed by atoms with Crippen LogP contribution in [0, 0.1) is 10.1 Å². The molecule has 0 bridgehead atoms. The van der Waals surface area contributed by atoms with Crippen LogP contribution in [0.4, 0.5) is 11.4 Å². The van der Waals surface area contributed by atoms with Crippen LogP contribution in [0.15, 0.2) is 48.5 Å². The first-order valence-electron chi connectivity index (χ1n) is 7.73. The van der Waals surface area contributed by atoms with Crippen molar-refractivity contribution in [2.75, 3.05) is 31.1 Å². The van der Waals surface area contributed by atoms with Crippen molar-refractivity contribution in [1.82, 2.24) is 0 Å². The van der Waals surface area contributed by atoms with Gasteiger partial charge in [-0.1, -0.05) is 24.3 Å². The SMILES string of the molecule is O=[N+]([O-])c1cccc(C[NH+]2CCN(c3ccccc3O)CC2)c1. The van der Waals surface area contributed by atoms with E-state index < -0.39 is 0 Å². The number of quaternary nitrogens is 1. The van der Waals surface area contributed by atoms with E-state index in [1.807, 2.05) is 24.3 Å². The smallest absolute Gasteiger partial charge is 0.269 e. The molecule has 2 aromatic carbocycles. The minimum atomic E-state index is -0.352. The summed E-state index contributed by atoms with van der Waals surface area (Å²) in [6.45, 7) is 4.40. The number of phenols is 1. The van der Waals surface area contributed by atoms with Crippen LogP contribution < -0.4 is 9.80 Å². The first kappa shape index (κ1) is 15.3. The van der Waals surface area contributed by atoms with Crippen molar-refractivity contribution in [3.8, 4) is 5.75 Å². The molecule has 3 rings (SSSR count). The number of piperazine rings is 1. The summed E-state index contributed by atoms with van der Waals surface area (Å²) in [5, 5.41) is 20.8. The van der Waals surface area contributed by atoms with E-state index in [4.69, 9.17) is 0 Å². The van der Waals surface area contributed by atoms with Crippen molar-refractivity contribution in [3.05, 3.63) is 64.2 Å². The van der Waals surface area contributed by atoms with Crippen molar-refractivity contribution in [2.24, 2.45) is 0 Å². The highest BCUT2D eigenvalue weighted by molar-refractivity contribution is 5.57. The van der Waals surface area contributed by atoms with Gasteiger partial charge in [-0.2, -0.15) is 0 Å². The fourth-order valence-corrected chi connectivity index (χ4v) is 3.04. The standard InChI is InChI=1S/C17H19N3O3/c21-17-7-2-1-6-16(17)19-10-8-18(9-11-19)13-14-4-3-5-15(12-14)20(22)23/h1-7,12,21H,8-11,13H2/p+1. The number of hydrogen-bond donors (Lipinski definition) is 2. The van der Waals surface area contributed by atoms with E-state index in [-0.39, 0.29) is 10.6 Å². The maximum Gasteiger partial charge on any atom is 0.269 e. The largest absolute Gasteiger partial charge is 0.506 e. The molecular weight excluding hydrogens is 294 g/mol. The molecule has 120 valence electrons. The van der Waals surface area contributed by atoms with E-state index in [0.717, 1.165) is 44.0 Å². The van der Waals surface area contributed by atoms with E-state index in [1.165, 1.54) is 11.0 Å². The molecular formula is C17H20N3O3+. The van der Waals surface area contributed by atoms with Crippen molar-refractivity contribution in [1.29, 1.82) is 0 Å². The molecule has 0 spiro atoms. The van der Waals surface area contributed by atoms with Crippen LogP contribution in [-0.4, -0.2) is 36.2 Å². The highest BCUT2D eigenvalue weighted by Crippen LogP contribution is 2.26. The van der Waals surface area contributed by atoms with Gasteiger partial charge in [0.25, 0.3) is 5.69 Å². The molecule has 0 amide bonds. The molecule has 2 N–H and O–H groups in total. The molecule has 23 heavy (non-hydrogen) atoms. The number of aromatic hydroxyl groups is 1. The Morgan fingerprint density at radius 3 is 2.57 bits per heavy atom. The third-order valence-corrected chi connectivity index (χ3v) is 4.27. The summed E-state index contributed by atoms with van der Waals surface area (Å²) in [6, 6.07) is 14.2. The second-order valence-electron chi connectivity index (χ2n) is 5.83. The first-order valence-corrected chi connectivity index (χ1v) is 7.73. The van der Waals surface area contributed by atoms with Gasteiger partial charge in [-0.05, 0) is 12.1 Å². The van der Waals surface area contributed by atoms with Crippen LogP contribution in [0.2, 0.25) is 0 Å². The minimum Gasteiger partial charge on any atom is -0.506 e. The van der Waals surface area contributed by atoms with E-state index in [2.05, 4.69) is 4.90 Å². The first-order chi connectivity index (χ1) is 11.1. The molecule has 0 atom stereocenters. The monoisotopic (exact) mass is 314 g/mol. The molecule has 0 aromatic heterocycles. The van der Waals surface area contributed by atoms with Gasteiger partial charge in [0.15, 0.2) is 0 Å². The molecule has 1 aliphatic heterocycles. The number of benzene rings is 2. The fraction of sp³-hybridized carbons (Fsp3) is 0.294. The third-order valence-electron chi connectivity index (χ3n) is 4.27. The van der Waals surface area contributed by atoms with Crippen LogP contribution in [0.1, 0.15) is 5.56 Å². The van der Waals surface area contributed by atoms with Gasteiger partial charge in [0.2, 0.25) is 0 Å². The summed E-state index contributed by atoms with van der Waals surface area (Å²) in [4.78, 5) is 14.1. The third kappa shape index (κ3) is 3.60. The van der Waals surface area contributed by atoms with Crippen molar-refractivity contribution < 1.29 is 14.9 Å². The number of anilines is 1. The molecule has 2 aromatic rings. The summed E-state index contributed by atoms with van der Waals surface area (Å²) in [5.74, 6) is 0.314. The Kier molecular flexibility index (Phi) is 4.43. The quantitative estimate of drug-likeness (QED) is 0.657. The van der Waals surface area contributed by atoms with Gasteiger partial charge in [0, 0.05) is 17.7 Å². The van der Waals surface area contributed by atoms with E-state index in [9.17, 15) is 15.2 Å². The lowest BCUT2D eigenvalue weighted by molar-refractivity contribution is -0.914. The molecule has 0 aliphatic carbocycles. The maximum atomic E-state index is 10.8. The molecule has 0 unspecified atom stereocenters. The van der Waals surface area contributed by atoms with Gasteiger partial charge in [0.05, 0.1) is 36.8 Å². The topological polar surface area (TPSA) is 71.0 Å². The molecule has 1 heterocycles. The van der Waals surface area contributed by atoms with E-state index in [0.29, 0.717) is 5.75 Å². The number of nitrogens with zero attached hydrogens (tertiary/aromatic N) is 2. The Hall–Kier alpha value is -2.60. The Bertz CT molecular complexity index is 697. The van der Waals surface area contributed by atoms with Gasteiger partial charge in [-0.3, -0.25) is 10.1 Å². The second-order valence-corrected chi connectivity index (χ2v) is 5.83. The Balaban J connectivity index is 1.60. The Morgan fingerprint density at radius 2 is 1.87 bits per heavy atom. The van der Waals surface area contributed by atoms with Crippen LogP contribution >= 0.6 is 0 Å². The lowest BCUT2D eigenvalue weighted by atomic mass is 10.1. The predicted octanol–water partition coefficient (Wildman–Crippen LogP) is 1.21. The molecule has 6 heteroatoms. The lowest BCUT2D eigenvalue weighted by Gasteiger charge is -2.33. The molecule has 0 saturated carbocycles. The van der Waals surface area contributed by atoms with Crippen molar-refractivity contribution in [2.45, 2.75) is 6.54 Å². The zero-order valence-corrected chi connectivity index (χ0v) is 12.8. The number of non-ortho nitro benzene ring substituents is 1. The van der Waals surface area contributed by atoms with Crippen molar-refractivity contribution >= 4 is 11.4 Å². The Morgan fingerprint density at radius 1 is 1.13 bits per heavy atom. The summed E-state index contributed by atoms with van der Waals surface area (Å²) < 4.78 is 0. The van der Waals surface area contributed by atoms with Gasteiger partial charge >= 0.3 is 0 Å². The number of rotatable bonds is 4. The van der Waals surface area contributed by atoms with Crippen LogP contribution in [0.25, 0.3) is 0 Å². The average molecular weight is 314 g/mol. The van der Waals surface area contributed by atoms with Gasteiger partial charge in [-0.15, -0.1) is 0 Å². The van der Waals surface area contributed by atoms with Crippen LogP contribution in [0.3, 0.4) is 0 Å². The predicted molar refractivity (Wildman–Crippen MR) is 87.8 cm³/mol.